The summed E-state index contributed by atoms with van der Waals surface area (Å²) < 4.78 is 5.41. The maximum Gasteiger partial charge on any atom is 0.0590 e. The van der Waals surface area contributed by atoms with Crippen LogP contribution in [0.15, 0.2) is 30.3 Å². The van der Waals surface area contributed by atoms with Crippen LogP contribution in [0, 0.1) is 0 Å². The summed E-state index contributed by atoms with van der Waals surface area (Å²) in [4.78, 5) is 0. The third-order valence-electron chi connectivity index (χ3n) is 2.59. The number of hydrogen-bond acceptors (Lipinski definition) is 2. The summed E-state index contributed by atoms with van der Waals surface area (Å²) in [6, 6.07) is 10.6. The molecule has 0 aromatic heterocycles. The molecule has 0 amide bonds. The molecule has 0 aliphatic rings. The van der Waals surface area contributed by atoms with Gasteiger partial charge >= 0.3 is 0 Å². The van der Waals surface area contributed by atoms with Crippen molar-refractivity contribution in [3.05, 3.63) is 35.9 Å². The van der Waals surface area contributed by atoms with Crippen molar-refractivity contribution in [1.82, 2.24) is 5.32 Å². The first-order valence-electron chi connectivity index (χ1n) is 6.18. The number of ether oxygens (including phenoxy) is 1. The van der Waals surface area contributed by atoms with Gasteiger partial charge in [-0.2, -0.15) is 0 Å². The highest BCUT2D eigenvalue weighted by atomic mass is 16.5. The number of benzene rings is 1. The highest BCUT2D eigenvalue weighted by Gasteiger charge is 2.03. The van der Waals surface area contributed by atoms with Crippen LogP contribution in [0.1, 0.15) is 31.7 Å². The Morgan fingerprint density at radius 3 is 2.62 bits per heavy atom. The van der Waals surface area contributed by atoms with Gasteiger partial charge in [-0.05, 0) is 17.9 Å². The van der Waals surface area contributed by atoms with Crippen molar-refractivity contribution in [1.29, 1.82) is 0 Å². The maximum absolute atomic E-state index is 5.41. The van der Waals surface area contributed by atoms with Gasteiger partial charge in [-0.15, -0.1) is 0 Å². The minimum atomic E-state index is 0.562. The van der Waals surface area contributed by atoms with Crippen LogP contribution >= 0.6 is 0 Å². The van der Waals surface area contributed by atoms with Gasteiger partial charge in [0, 0.05) is 19.7 Å². The molecular weight excluding hydrogens is 198 g/mol. The summed E-state index contributed by atoms with van der Waals surface area (Å²) in [5.41, 5.74) is 1.39. The molecule has 0 heterocycles. The molecule has 0 saturated heterocycles. The molecule has 1 unspecified atom stereocenters. The zero-order valence-corrected chi connectivity index (χ0v) is 10.4. The second-order valence-corrected chi connectivity index (χ2v) is 4.13. The Morgan fingerprint density at radius 1 is 1.19 bits per heavy atom. The van der Waals surface area contributed by atoms with Gasteiger partial charge in [0.2, 0.25) is 0 Å². The molecule has 90 valence electrons. The molecule has 2 nitrogen and oxygen atoms in total. The van der Waals surface area contributed by atoms with E-state index in [1.807, 2.05) is 0 Å². The average molecular weight is 221 g/mol. The number of hydrogen-bond donors (Lipinski definition) is 1. The topological polar surface area (TPSA) is 21.3 Å². The molecule has 1 atom stereocenters. The van der Waals surface area contributed by atoms with Crippen LogP contribution in [0.4, 0.5) is 0 Å². The van der Waals surface area contributed by atoms with Crippen LogP contribution in [0.3, 0.4) is 0 Å². The van der Waals surface area contributed by atoms with Crippen molar-refractivity contribution < 1.29 is 4.74 Å². The van der Waals surface area contributed by atoms with Gasteiger partial charge < -0.3 is 10.1 Å². The van der Waals surface area contributed by atoms with Crippen LogP contribution < -0.4 is 5.32 Å². The second-order valence-electron chi connectivity index (χ2n) is 4.13. The van der Waals surface area contributed by atoms with Gasteiger partial charge in [0.15, 0.2) is 0 Å². The zero-order chi connectivity index (χ0) is 11.6. The fraction of sp³-hybridized carbons (Fsp3) is 0.571. The van der Waals surface area contributed by atoms with E-state index in [1.54, 1.807) is 0 Å². The van der Waals surface area contributed by atoms with Crippen LogP contribution in [-0.2, 0) is 4.74 Å². The van der Waals surface area contributed by atoms with Crippen molar-refractivity contribution in [2.45, 2.75) is 26.2 Å². The van der Waals surface area contributed by atoms with Crippen LogP contribution in [-0.4, -0.2) is 26.3 Å². The molecule has 0 spiro atoms. The van der Waals surface area contributed by atoms with Crippen molar-refractivity contribution in [3.63, 3.8) is 0 Å². The third-order valence-corrected chi connectivity index (χ3v) is 2.59. The average Bonchev–Trinajstić information content (AvgIpc) is 2.34. The Hall–Kier alpha value is -0.860. The molecule has 0 saturated carbocycles. The normalized spacial score (nSPS) is 12.6. The summed E-state index contributed by atoms with van der Waals surface area (Å²) in [5, 5.41) is 3.42. The summed E-state index contributed by atoms with van der Waals surface area (Å²) in [5.74, 6) is 0.562. The Morgan fingerprint density at radius 2 is 1.94 bits per heavy atom. The second kappa shape index (κ2) is 8.31. The highest BCUT2D eigenvalue weighted by Crippen LogP contribution is 2.12. The molecule has 0 aliphatic carbocycles. The first-order chi connectivity index (χ1) is 7.84. The zero-order valence-electron chi connectivity index (χ0n) is 10.4. The molecule has 0 aliphatic heterocycles. The van der Waals surface area contributed by atoms with Crippen molar-refractivity contribution in [3.8, 4) is 0 Å². The van der Waals surface area contributed by atoms with E-state index in [1.165, 1.54) is 5.56 Å². The van der Waals surface area contributed by atoms with Crippen LogP contribution in [0.2, 0.25) is 0 Å². The maximum atomic E-state index is 5.41. The molecular formula is C14H23NO. The van der Waals surface area contributed by atoms with Crippen molar-refractivity contribution in [2.75, 3.05) is 26.3 Å². The molecule has 0 radical (unpaired) electrons. The first-order valence-corrected chi connectivity index (χ1v) is 6.18. The molecule has 1 rings (SSSR count). The standard InChI is InChI=1S/C14H23NO/c1-3-10-16-11-9-15-12-13(2)14-7-5-4-6-8-14/h4-8,13,15H,3,9-12H2,1-2H3. The van der Waals surface area contributed by atoms with E-state index in [-0.39, 0.29) is 0 Å². The van der Waals surface area contributed by atoms with E-state index in [0.717, 1.165) is 32.7 Å². The molecule has 2 heteroatoms. The van der Waals surface area contributed by atoms with E-state index in [2.05, 4.69) is 49.5 Å². The molecule has 0 bridgehead atoms. The van der Waals surface area contributed by atoms with Gasteiger partial charge in [-0.25, -0.2) is 0 Å². The predicted octanol–water partition coefficient (Wildman–Crippen LogP) is 2.81. The fourth-order valence-electron chi connectivity index (χ4n) is 1.61. The molecule has 16 heavy (non-hydrogen) atoms. The van der Waals surface area contributed by atoms with Gasteiger partial charge in [0.25, 0.3) is 0 Å². The quantitative estimate of drug-likeness (QED) is 0.682. The monoisotopic (exact) mass is 221 g/mol. The van der Waals surface area contributed by atoms with Crippen LogP contribution in [0.25, 0.3) is 0 Å². The van der Waals surface area contributed by atoms with Gasteiger partial charge in [-0.1, -0.05) is 44.2 Å². The van der Waals surface area contributed by atoms with E-state index < -0.39 is 0 Å². The summed E-state index contributed by atoms with van der Waals surface area (Å²) >= 11 is 0. The molecule has 1 aromatic carbocycles. The number of nitrogens with one attached hydrogen (secondary N) is 1. The Bertz CT molecular complexity index is 261. The van der Waals surface area contributed by atoms with Crippen LogP contribution in [0.5, 0.6) is 0 Å². The minimum Gasteiger partial charge on any atom is -0.380 e. The summed E-state index contributed by atoms with van der Waals surface area (Å²) in [6.07, 6.45) is 1.10. The summed E-state index contributed by atoms with van der Waals surface area (Å²) in [6.45, 7) is 8.02. The Labute approximate surface area is 99.0 Å². The molecule has 1 aromatic rings. The van der Waals surface area contributed by atoms with E-state index in [0.29, 0.717) is 5.92 Å². The van der Waals surface area contributed by atoms with E-state index in [4.69, 9.17) is 4.74 Å². The summed E-state index contributed by atoms with van der Waals surface area (Å²) in [7, 11) is 0. The number of rotatable bonds is 8. The lowest BCUT2D eigenvalue weighted by atomic mass is 10.0. The fourth-order valence-corrected chi connectivity index (χ4v) is 1.61. The Balaban J connectivity index is 2.09. The Kier molecular flexibility index (Phi) is 6.86. The van der Waals surface area contributed by atoms with Gasteiger partial charge in [0.05, 0.1) is 6.61 Å². The lowest BCUT2D eigenvalue weighted by Gasteiger charge is -2.12. The lowest BCUT2D eigenvalue weighted by molar-refractivity contribution is 0.136. The SMILES string of the molecule is CCCOCCNCC(C)c1ccccc1. The van der Waals surface area contributed by atoms with E-state index in [9.17, 15) is 0 Å². The third kappa shape index (κ3) is 5.29. The highest BCUT2D eigenvalue weighted by molar-refractivity contribution is 5.18. The predicted molar refractivity (Wildman–Crippen MR) is 68.8 cm³/mol. The van der Waals surface area contributed by atoms with Crippen molar-refractivity contribution >= 4 is 0 Å². The van der Waals surface area contributed by atoms with E-state index >= 15 is 0 Å². The first kappa shape index (κ1) is 13.2. The van der Waals surface area contributed by atoms with Gasteiger partial charge in [-0.3, -0.25) is 0 Å². The van der Waals surface area contributed by atoms with Crippen molar-refractivity contribution in [2.24, 2.45) is 0 Å². The molecule has 1 N–H and O–H groups in total. The largest absolute Gasteiger partial charge is 0.380 e. The van der Waals surface area contributed by atoms with Gasteiger partial charge in [0.1, 0.15) is 0 Å². The minimum absolute atomic E-state index is 0.562. The smallest absolute Gasteiger partial charge is 0.0590 e. The molecule has 0 fully saturated rings. The lowest BCUT2D eigenvalue weighted by Crippen LogP contribution is -2.24.